The van der Waals surface area contributed by atoms with Crippen molar-refractivity contribution in [2.45, 2.75) is 58.8 Å². The van der Waals surface area contributed by atoms with E-state index in [1.807, 2.05) is 0 Å². The first-order valence-electron chi connectivity index (χ1n) is 12.7. The molecule has 0 heterocycles. The normalized spacial score (nSPS) is 15.4. The maximum absolute atomic E-state index is 12.2. The smallest absolute Gasteiger partial charge is 0.778 e. The molecule has 3 unspecified atom stereocenters. The molecule has 41 heavy (non-hydrogen) atoms. The van der Waals surface area contributed by atoms with Crippen molar-refractivity contribution in [3.8, 4) is 11.5 Å². The van der Waals surface area contributed by atoms with Crippen LogP contribution in [0, 0.1) is 0 Å². The van der Waals surface area contributed by atoms with Crippen molar-refractivity contribution in [1.82, 2.24) is 9.80 Å². The Labute approximate surface area is 249 Å². The van der Waals surface area contributed by atoms with Crippen molar-refractivity contribution in [1.29, 1.82) is 0 Å². The first kappa shape index (κ1) is 37.7. The zero-order valence-electron chi connectivity index (χ0n) is 22.9. The van der Waals surface area contributed by atoms with Crippen LogP contribution in [0.5, 0.6) is 11.5 Å². The van der Waals surface area contributed by atoms with Gasteiger partial charge < -0.3 is 54.2 Å². The number of rotatable bonds is 16. The van der Waals surface area contributed by atoms with Gasteiger partial charge in [-0.1, -0.05) is 26.0 Å². The third-order valence-corrected chi connectivity index (χ3v) is 8.76. The number of aryl methyl sites for hydroxylation is 1. The van der Waals surface area contributed by atoms with Crippen LogP contribution in [0.2, 0.25) is 0 Å². The molecule has 16 heteroatoms. The summed E-state index contributed by atoms with van der Waals surface area (Å²) in [5, 5.41) is 50.2. The molecule has 2 aromatic rings. The van der Waals surface area contributed by atoms with E-state index in [9.17, 15) is 54.2 Å². The molecule has 0 amide bonds. The van der Waals surface area contributed by atoms with E-state index in [0.29, 0.717) is 40.7 Å². The fraction of sp³-hybridized carbons (Fsp3) is 0.520. The van der Waals surface area contributed by atoms with E-state index in [0.717, 1.165) is 4.90 Å². The van der Waals surface area contributed by atoms with Crippen molar-refractivity contribution in [2.75, 3.05) is 26.0 Å². The molecular formula is C25H38FeN2O11P2. The summed E-state index contributed by atoms with van der Waals surface area (Å²) in [7, 11) is -10.1. The largest absolute Gasteiger partial charge is 2.00 e. The van der Waals surface area contributed by atoms with Gasteiger partial charge in [0.05, 0.1) is 31.9 Å². The molecule has 3 atom stereocenters. The molecule has 0 bridgehead atoms. The number of hydrogen-bond donors (Lipinski definition) is 7. The number of hydrogen-bond acceptors (Lipinski definition) is 11. The third kappa shape index (κ3) is 10.7. The van der Waals surface area contributed by atoms with Crippen molar-refractivity contribution >= 4 is 15.2 Å². The average molecular weight is 660 g/mol. The van der Waals surface area contributed by atoms with Crippen LogP contribution in [0.3, 0.4) is 0 Å². The Kier molecular flexibility index (Phi) is 15.2. The molecule has 7 N–H and O–H groups in total. The molecule has 0 fully saturated rings. The standard InChI is InChI=1S/C25H40N2O11P2.Fe/c1-3-18-9-17(13-28)10-24(32)21(18)11-26(16-39(33,34)35)7-8-27(25(15-30)40(36,37)38)12-22-20(4-2)19(14-29)5-6-23(22)31;/h5-6,9-10,25,28-32H,3-4,7-8,11-16H2,1-2H3,(H2,33,34,35)(H2,36,37,38);/q;+2/p-2. The Morgan fingerprint density at radius 2 is 1.49 bits per heavy atom. The molecule has 0 radical (unpaired) electrons. The number of benzene rings is 2. The van der Waals surface area contributed by atoms with E-state index < -0.39 is 33.9 Å². The second-order valence-electron chi connectivity index (χ2n) is 9.51. The number of phenols is 2. The zero-order valence-corrected chi connectivity index (χ0v) is 25.8. The molecule has 2 rings (SSSR count). The number of aliphatic hydroxyl groups is 3. The maximum Gasteiger partial charge on any atom is 2.00 e. The number of aliphatic hydroxyl groups excluding tert-OH is 3. The number of phenolic OH excluding ortho intramolecular Hbond substituents is 2. The molecule has 2 aromatic carbocycles. The Balaban J connectivity index is 0.00000840. The van der Waals surface area contributed by atoms with Gasteiger partial charge in [0, 0.05) is 37.3 Å². The summed E-state index contributed by atoms with van der Waals surface area (Å²) >= 11 is 0. The minimum absolute atomic E-state index is 0. The zero-order chi connectivity index (χ0) is 30.3. The topological polar surface area (TPSA) is 228 Å². The Morgan fingerprint density at radius 3 is 1.98 bits per heavy atom. The van der Waals surface area contributed by atoms with Crippen molar-refractivity contribution in [3.63, 3.8) is 0 Å². The fourth-order valence-electron chi connectivity index (χ4n) is 4.77. The fourth-order valence-corrected chi connectivity index (χ4v) is 6.33. The van der Waals surface area contributed by atoms with Gasteiger partial charge >= 0.3 is 17.1 Å². The van der Waals surface area contributed by atoms with Gasteiger partial charge in [-0.15, -0.1) is 0 Å². The van der Waals surface area contributed by atoms with Crippen LogP contribution in [-0.4, -0.2) is 76.9 Å². The van der Waals surface area contributed by atoms with Gasteiger partial charge in [0.1, 0.15) is 19.1 Å². The predicted molar refractivity (Wildman–Crippen MR) is 143 cm³/mol. The summed E-state index contributed by atoms with van der Waals surface area (Å²) in [5.41, 5.74) is 2.71. The molecule has 232 valence electrons. The van der Waals surface area contributed by atoms with Gasteiger partial charge in [0.2, 0.25) is 0 Å². The van der Waals surface area contributed by atoms with Crippen molar-refractivity contribution in [3.05, 3.63) is 57.6 Å². The summed E-state index contributed by atoms with van der Waals surface area (Å²) in [4.78, 5) is 45.9. The van der Waals surface area contributed by atoms with E-state index in [1.165, 1.54) is 23.1 Å². The summed E-state index contributed by atoms with van der Waals surface area (Å²) in [6.07, 6.45) is -0.0550. The molecule has 0 aliphatic carbocycles. The second kappa shape index (κ2) is 16.5. The molecular weight excluding hydrogens is 622 g/mol. The van der Waals surface area contributed by atoms with Gasteiger partial charge in [-0.3, -0.25) is 9.80 Å². The number of aromatic hydroxyl groups is 2. The Bertz CT molecular complexity index is 1240. The van der Waals surface area contributed by atoms with Crippen LogP contribution < -0.4 is 9.79 Å². The predicted octanol–water partition coefficient (Wildman–Crippen LogP) is -0.124. The van der Waals surface area contributed by atoms with Gasteiger partial charge in [-0.2, -0.15) is 0 Å². The Morgan fingerprint density at radius 1 is 0.829 bits per heavy atom. The average Bonchev–Trinajstić information content (AvgIpc) is 2.87. The molecule has 0 saturated heterocycles. The second-order valence-corrected chi connectivity index (χ2v) is 12.8. The summed E-state index contributed by atoms with van der Waals surface area (Å²) in [6.45, 7) is 0.942. The molecule has 0 aliphatic heterocycles. The van der Waals surface area contributed by atoms with Crippen LogP contribution >= 0.6 is 15.2 Å². The molecule has 0 spiro atoms. The van der Waals surface area contributed by atoms with Crippen LogP contribution in [0.1, 0.15) is 47.2 Å². The van der Waals surface area contributed by atoms with Gasteiger partial charge in [0.25, 0.3) is 0 Å². The van der Waals surface area contributed by atoms with Crippen LogP contribution in [0.4, 0.5) is 0 Å². The number of nitrogens with zero attached hydrogens (tertiary/aromatic N) is 2. The maximum atomic E-state index is 12.2. The van der Waals surface area contributed by atoms with E-state index in [4.69, 9.17) is 0 Å². The van der Waals surface area contributed by atoms with Crippen LogP contribution in [-0.2, 0) is 65.3 Å². The van der Waals surface area contributed by atoms with Gasteiger partial charge in [0.15, 0.2) is 7.60 Å². The van der Waals surface area contributed by atoms with Crippen molar-refractivity contribution < 1.29 is 71.3 Å². The minimum Gasteiger partial charge on any atom is -0.778 e. The van der Waals surface area contributed by atoms with Crippen LogP contribution in [0.25, 0.3) is 0 Å². The Hall–Kier alpha value is -1.34. The van der Waals surface area contributed by atoms with E-state index in [2.05, 4.69) is 0 Å². The molecule has 0 aliphatic rings. The first-order chi connectivity index (χ1) is 18.7. The van der Waals surface area contributed by atoms with Gasteiger partial charge in [-0.25, -0.2) is 0 Å². The summed E-state index contributed by atoms with van der Waals surface area (Å²) in [6, 6.07) is 5.84. The quantitative estimate of drug-likeness (QED) is 0.0922. The third-order valence-electron chi connectivity index (χ3n) is 6.76. The van der Waals surface area contributed by atoms with Crippen LogP contribution in [0.15, 0.2) is 24.3 Å². The SMILES string of the molecule is CCc1cc(CO)cc(O)c1CN(CCN(Cc1c(O)ccc(CO)c1CC)C(CO)P(=O)([O-])O)CP(=O)([O-])O.[Fe+2]. The monoisotopic (exact) mass is 660 g/mol. The molecule has 0 saturated carbocycles. The molecule has 13 nitrogen and oxygen atoms in total. The first-order valence-corrected chi connectivity index (χ1v) is 16.1. The van der Waals surface area contributed by atoms with E-state index in [-0.39, 0.29) is 73.5 Å². The minimum atomic E-state index is -5.18. The van der Waals surface area contributed by atoms with Crippen molar-refractivity contribution in [2.24, 2.45) is 0 Å². The molecule has 0 aromatic heterocycles. The van der Waals surface area contributed by atoms with E-state index in [1.54, 1.807) is 19.9 Å². The summed E-state index contributed by atoms with van der Waals surface area (Å²) in [5.74, 6) is -2.21. The summed E-state index contributed by atoms with van der Waals surface area (Å²) < 4.78 is 24.0. The van der Waals surface area contributed by atoms with Gasteiger partial charge in [-0.05, 0) is 47.2 Å². The van der Waals surface area contributed by atoms with E-state index >= 15 is 0 Å².